The molecule has 0 aliphatic carbocycles. The van der Waals surface area contributed by atoms with Crippen molar-refractivity contribution in [1.82, 2.24) is 4.98 Å². The number of rotatable bonds is 12. The molecule has 2 heteroatoms. The normalized spacial score (nSPS) is 11.0. The highest BCUT2D eigenvalue weighted by molar-refractivity contribution is 5.87. The van der Waals surface area contributed by atoms with Crippen LogP contribution >= 0.6 is 0 Å². The van der Waals surface area contributed by atoms with E-state index in [-0.39, 0.29) is 0 Å². The van der Waals surface area contributed by atoms with E-state index in [0.717, 1.165) is 17.7 Å². The molecule has 0 aliphatic heterocycles. The van der Waals surface area contributed by atoms with Crippen LogP contribution in [0.2, 0.25) is 0 Å². The first-order valence-corrected chi connectivity index (χ1v) is 10.9. The van der Waals surface area contributed by atoms with Crippen molar-refractivity contribution < 1.29 is 4.74 Å². The lowest BCUT2D eigenvalue weighted by Crippen LogP contribution is -1.98. The predicted molar refractivity (Wildman–Crippen MR) is 119 cm³/mol. The molecule has 0 unspecified atom stereocenters. The lowest BCUT2D eigenvalue weighted by molar-refractivity contribution is 0.309. The molecule has 0 radical (unpaired) electrons. The van der Waals surface area contributed by atoms with Gasteiger partial charge in [-0.2, -0.15) is 0 Å². The van der Waals surface area contributed by atoms with Crippen molar-refractivity contribution in [2.45, 2.75) is 71.3 Å². The highest BCUT2D eigenvalue weighted by Crippen LogP contribution is 2.28. The number of ether oxygens (including phenoxy) is 1. The van der Waals surface area contributed by atoms with E-state index < -0.39 is 0 Å². The molecule has 3 aromatic rings. The molecular formula is C26H33NO. The summed E-state index contributed by atoms with van der Waals surface area (Å²) in [6.45, 7) is 2.85. The van der Waals surface area contributed by atoms with E-state index in [1.165, 1.54) is 67.9 Å². The van der Waals surface area contributed by atoms with Crippen LogP contribution in [0, 0.1) is 0 Å². The quantitative estimate of drug-likeness (QED) is 0.306. The fraction of sp³-hybridized carbons (Fsp3) is 0.423. The highest BCUT2D eigenvalue weighted by atomic mass is 16.5. The Hall–Kier alpha value is -2.35. The number of hydrogen-bond acceptors (Lipinski definition) is 2. The number of unbranched alkanes of at least 4 members (excludes halogenated alkanes) is 7. The lowest BCUT2D eigenvalue weighted by atomic mass is 10.0. The van der Waals surface area contributed by atoms with Crippen LogP contribution in [0.1, 0.15) is 69.4 Å². The third kappa shape index (κ3) is 6.09. The van der Waals surface area contributed by atoms with Crippen LogP contribution in [-0.4, -0.2) is 4.98 Å². The average Bonchev–Trinajstić information content (AvgIpc) is 2.75. The van der Waals surface area contributed by atoms with Crippen LogP contribution < -0.4 is 4.74 Å². The van der Waals surface area contributed by atoms with Crippen LogP contribution in [0.5, 0.6) is 5.75 Å². The lowest BCUT2D eigenvalue weighted by Gasteiger charge is -2.12. The third-order valence-corrected chi connectivity index (χ3v) is 5.36. The van der Waals surface area contributed by atoms with Gasteiger partial charge in [0.1, 0.15) is 17.9 Å². The van der Waals surface area contributed by atoms with Crippen molar-refractivity contribution in [3.63, 3.8) is 0 Å². The molecule has 0 aliphatic rings. The van der Waals surface area contributed by atoms with Crippen LogP contribution in [0.15, 0.2) is 60.8 Å². The number of aromatic nitrogens is 1. The van der Waals surface area contributed by atoms with E-state index in [2.05, 4.69) is 42.2 Å². The summed E-state index contributed by atoms with van der Waals surface area (Å²) in [4.78, 5) is 4.62. The Balaban J connectivity index is 1.55. The number of hydrogen-bond donors (Lipinski definition) is 0. The summed E-state index contributed by atoms with van der Waals surface area (Å²) in [5.74, 6) is 0.874. The van der Waals surface area contributed by atoms with Gasteiger partial charge in [-0.25, -0.2) is 0 Å². The zero-order valence-electron chi connectivity index (χ0n) is 17.2. The second-order valence-electron chi connectivity index (χ2n) is 7.62. The fourth-order valence-electron chi connectivity index (χ4n) is 3.72. The van der Waals surface area contributed by atoms with Gasteiger partial charge in [0.15, 0.2) is 0 Å². The predicted octanol–water partition coefficient (Wildman–Crippen LogP) is 7.50. The Morgan fingerprint density at radius 3 is 2.29 bits per heavy atom. The van der Waals surface area contributed by atoms with E-state index in [4.69, 9.17) is 4.74 Å². The molecule has 0 amide bonds. The minimum absolute atomic E-state index is 0.573. The number of aryl methyl sites for hydroxylation is 1. The van der Waals surface area contributed by atoms with Gasteiger partial charge in [0.2, 0.25) is 0 Å². The van der Waals surface area contributed by atoms with Gasteiger partial charge in [0, 0.05) is 11.6 Å². The first-order valence-electron chi connectivity index (χ1n) is 10.9. The SMILES string of the molecule is CCCCCCCCCCc1ccc(OCc2ccccc2)c2ncccc12. The second-order valence-corrected chi connectivity index (χ2v) is 7.62. The topological polar surface area (TPSA) is 22.1 Å². The van der Waals surface area contributed by atoms with E-state index in [1.54, 1.807) is 0 Å². The molecule has 0 saturated heterocycles. The summed E-state index contributed by atoms with van der Waals surface area (Å²) in [5, 5.41) is 1.23. The smallest absolute Gasteiger partial charge is 0.146 e. The second kappa shape index (κ2) is 11.5. The molecule has 0 bridgehead atoms. The Morgan fingerprint density at radius 2 is 1.50 bits per heavy atom. The first kappa shape index (κ1) is 20.4. The Morgan fingerprint density at radius 1 is 0.750 bits per heavy atom. The van der Waals surface area contributed by atoms with E-state index in [0.29, 0.717) is 6.61 Å². The van der Waals surface area contributed by atoms with Crippen molar-refractivity contribution in [1.29, 1.82) is 0 Å². The molecule has 0 spiro atoms. The van der Waals surface area contributed by atoms with E-state index in [9.17, 15) is 0 Å². The summed E-state index contributed by atoms with van der Waals surface area (Å²) in [6.07, 6.45) is 13.8. The van der Waals surface area contributed by atoms with Crippen molar-refractivity contribution in [3.05, 3.63) is 71.9 Å². The molecule has 0 saturated carbocycles. The summed E-state index contributed by atoms with van der Waals surface area (Å²) in [5.41, 5.74) is 3.55. The number of fused-ring (bicyclic) bond motifs is 1. The Bertz CT molecular complexity index is 828. The number of pyridine rings is 1. The molecular weight excluding hydrogens is 342 g/mol. The standard InChI is InChI=1S/C26H33NO/c1-2-3-4-5-6-7-8-12-16-23-18-19-25(26-24(23)17-13-20-27-26)28-21-22-14-10-9-11-15-22/h9-11,13-15,17-20H,2-8,12,16,21H2,1H3. The minimum Gasteiger partial charge on any atom is -0.487 e. The maximum Gasteiger partial charge on any atom is 0.146 e. The van der Waals surface area contributed by atoms with Crippen molar-refractivity contribution in [3.8, 4) is 5.75 Å². The summed E-state index contributed by atoms with van der Waals surface area (Å²) >= 11 is 0. The van der Waals surface area contributed by atoms with Gasteiger partial charge in [-0.15, -0.1) is 0 Å². The molecule has 0 N–H and O–H groups in total. The number of benzene rings is 2. The Kier molecular flexibility index (Phi) is 8.36. The van der Waals surface area contributed by atoms with Crippen LogP contribution in [0.25, 0.3) is 10.9 Å². The molecule has 148 valence electrons. The summed E-state index contributed by atoms with van der Waals surface area (Å²) < 4.78 is 6.09. The zero-order valence-corrected chi connectivity index (χ0v) is 17.2. The highest BCUT2D eigenvalue weighted by Gasteiger charge is 2.08. The molecule has 2 nitrogen and oxygen atoms in total. The maximum atomic E-state index is 6.09. The molecule has 0 atom stereocenters. The first-order chi connectivity index (χ1) is 13.9. The van der Waals surface area contributed by atoms with E-state index in [1.807, 2.05) is 30.5 Å². The zero-order chi connectivity index (χ0) is 19.4. The van der Waals surface area contributed by atoms with Gasteiger partial charge in [-0.3, -0.25) is 4.98 Å². The minimum atomic E-state index is 0.573. The van der Waals surface area contributed by atoms with Gasteiger partial charge in [0.05, 0.1) is 0 Å². The van der Waals surface area contributed by atoms with Crippen molar-refractivity contribution in [2.75, 3.05) is 0 Å². The fourth-order valence-corrected chi connectivity index (χ4v) is 3.72. The monoisotopic (exact) mass is 375 g/mol. The molecule has 28 heavy (non-hydrogen) atoms. The summed E-state index contributed by atoms with van der Waals surface area (Å²) in [7, 11) is 0. The van der Waals surface area contributed by atoms with Gasteiger partial charge in [0.25, 0.3) is 0 Å². The maximum absolute atomic E-state index is 6.09. The van der Waals surface area contributed by atoms with E-state index >= 15 is 0 Å². The van der Waals surface area contributed by atoms with Crippen LogP contribution in [-0.2, 0) is 13.0 Å². The van der Waals surface area contributed by atoms with Crippen LogP contribution in [0.3, 0.4) is 0 Å². The van der Waals surface area contributed by atoms with Gasteiger partial charge in [-0.1, -0.05) is 94.3 Å². The van der Waals surface area contributed by atoms with Crippen LogP contribution in [0.4, 0.5) is 0 Å². The molecule has 0 fully saturated rings. The van der Waals surface area contributed by atoms with Gasteiger partial charge in [-0.05, 0) is 36.1 Å². The Labute approximate surface area is 170 Å². The largest absolute Gasteiger partial charge is 0.487 e. The number of nitrogens with zero attached hydrogens (tertiary/aromatic N) is 1. The molecule has 1 aromatic heterocycles. The molecule has 1 heterocycles. The summed E-state index contributed by atoms with van der Waals surface area (Å²) in [6, 6.07) is 18.8. The average molecular weight is 376 g/mol. The molecule has 3 rings (SSSR count). The van der Waals surface area contributed by atoms with Crippen molar-refractivity contribution in [2.24, 2.45) is 0 Å². The third-order valence-electron chi connectivity index (χ3n) is 5.36. The van der Waals surface area contributed by atoms with Gasteiger partial charge < -0.3 is 4.74 Å². The molecule has 2 aromatic carbocycles. The van der Waals surface area contributed by atoms with Gasteiger partial charge >= 0.3 is 0 Å². The van der Waals surface area contributed by atoms with Crippen molar-refractivity contribution >= 4 is 10.9 Å².